The van der Waals surface area contributed by atoms with Crippen molar-refractivity contribution in [2.75, 3.05) is 32.5 Å². The van der Waals surface area contributed by atoms with Gasteiger partial charge in [0, 0.05) is 42.7 Å². The number of hydrogen-bond acceptors (Lipinski definition) is 7. The van der Waals surface area contributed by atoms with Gasteiger partial charge in [0.2, 0.25) is 0 Å². The molecular weight excluding hydrogens is 472 g/mol. The van der Waals surface area contributed by atoms with Gasteiger partial charge in [-0.3, -0.25) is 14.8 Å². The van der Waals surface area contributed by atoms with Crippen LogP contribution in [0.15, 0.2) is 54.1 Å². The number of fused-ring (bicyclic) bond motifs is 1. The lowest BCUT2D eigenvalue weighted by molar-refractivity contribution is -0.137. The molecule has 4 rings (SSSR count). The third kappa shape index (κ3) is 7.64. The maximum Gasteiger partial charge on any atom is 0.303 e. The molecule has 2 unspecified atom stereocenters. The number of thioether (sulfide) groups is 1. The number of carbonyl (C=O) groups is 1. The number of pyridine rings is 1. The van der Waals surface area contributed by atoms with E-state index < -0.39 is 5.97 Å². The van der Waals surface area contributed by atoms with Gasteiger partial charge in [0.15, 0.2) is 0 Å². The maximum absolute atomic E-state index is 11.3. The molecule has 36 heavy (non-hydrogen) atoms. The minimum atomic E-state index is -0.691. The summed E-state index contributed by atoms with van der Waals surface area (Å²) in [4.78, 5) is 26.8. The van der Waals surface area contributed by atoms with Gasteiger partial charge in [0.25, 0.3) is 0 Å². The van der Waals surface area contributed by atoms with E-state index in [9.17, 15) is 9.90 Å². The number of aromatic nitrogens is 3. The third-order valence-corrected chi connectivity index (χ3v) is 8.17. The van der Waals surface area contributed by atoms with Gasteiger partial charge in [-0.2, -0.15) is 0 Å². The van der Waals surface area contributed by atoms with Crippen LogP contribution in [0.3, 0.4) is 0 Å². The second kappa shape index (κ2) is 13.6. The first-order valence-electron chi connectivity index (χ1n) is 12.9. The van der Waals surface area contributed by atoms with Crippen LogP contribution >= 0.6 is 11.8 Å². The SMILES string of the molecule is COc1ccc2nccc(CCCC3CCN(CCCSc4cnccn4)CC3CCC(=O)O)c2c1. The van der Waals surface area contributed by atoms with Gasteiger partial charge < -0.3 is 14.7 Å². The molecule has 192 valence electrons. The molecule has 0 bridgehead atoms. The first-order chi connectivity index (χ1) is 17.6. The van der Waals surface area contributed by atoms with Crippen LogP contribution in [0.1, 0.15) is 44.1 Å². The van der Waals surface area contributed by atoms with E-state index in [1.807, 2.05) is 24.5 Å². The number of ether oxygens (including phenoxy) is 1. The normalized spacial score (nSPS) is 18.4. The molecule has 3 aromatic rings. The van der Waals surface area contributed by atoms with Crippen molar-refractivity contribution in [3.05, 3.63) is 54.6 Å². The van der Waals surface area contributed by atoms with E-state index in [2.05, 4.69) is 32.0 Å². The smallest absolute Gasteiger partial charge is 0.303 e. The van der Waals surface area contributed by atoms with Crippen molar-refractivity contribution in [3.63, 3.8) is 0 Å². The van der Waals surface area contributed by atoms with Crippen molar-refractivity contribution in [2.45, 2.75) is 50.0 Å². The Morgan fingerprint density at radius 3 is 2.86 bits per heavy atom. The number of piperidine rings is 1. The Kier molecular flexibility index (Phi) is 9.93. The van der Waals surface area contributed by atoms with E-state index in [0.717, 1.165) is 85.6 Å². The second-order valence-corrected chi connectivity index (χ2v) is 10.6. The number of methoxy groups -OCH3 is 1. The number of aryl methyl sites for hydroxylation is 1. The van der Waals surface area contributed by atoms with Crippen molar-refractivity contribution < 1.29 is 14.6 Å². The molecule has 1 aromatic carbocycles. The van der Waals surface area contributed by atoms with Crippen molar-refractivity contribution in [3.8, 4) is 5.75 Å². The van der Waals surface area contributed by atoms with Crippen molar-refractivity contribution in [1.82, 2.24) is 19.9 Å². The number of carboxylic acids is 1. The summed E-state index contributed by atoms with van der Waals surface area (Å²) >= 11 is 1.75. The van der Waals surface area contributed by atoms with Crippen molar-refractivity contribution >= 4 is 28.6 Å². The van der Waals surface area contributed by atoms with Crippen LogP contribution in [0, 0.1) is 11.8 Å². The van der Waals surface area contributed by atoms with Crippen LogP contribution in [0.4, 0.5) is 0 Å². The molecule has 1 fully saturated rings. The van der Waals surface area contributed by atoms with Gasteiger partial charge in [-0.25, -0.2) is 4.98 Å². The van der Waals surface area contributed by atoms with Gasteiger partial charge >= 0.3 is 5.97 Å². The molecule has 2 atom stereocenters. The number of hydrogen-bond donors (Lipinski definition) is 1. The molecule has 1 saturated heterocycles. The van der Waals surface area contributed by atoms with Gasteiger partial charge in [-0.1, -0.05) is 0 Å². The summed E-state index contributed by atoms with van der Waals surface area (Å²) in [6.45, 7) is 3.15. The number of likely N-dealkylation sites (tertiary alicyclic amines) is 1. The first-order valence-corrected chi connectivity index (χ1v) is 13.9. The Balaban J connectivity index is 1.28. The topological polar surface area (TPSA) is 88.4 Å². The van der Waals surface area contributed by atoms with E-state index in [1.165, 1.54) is 5.56 Å². The predicted molar refractivity (Wildman–Crippen MR) is 144 cm³/mol. The molecule has 0 amide bonds. The van der Waals surface area contributed by atoms with Crippen molar-refractivity contribution in [1.29, 1.82) is 0 Å². The summed E-state index contributed by atoms with van der Waals surface area (Å²) < 4.78 is 5.42. The van der Waals surface area contributed by atoms with Crippen LogP contribution in [0.5, 0.6) is 5.75 Å². The fourth-order valence-corrected chi connectivity index (χ4v) is 6.04. The van der Waals surface area contributed by atoms with Crippen molar-refractivity contribution in [2.24, 2.45) is 11.8 Å². The second-order valence-electron chi connectivity index (χ2n) is 9.53. The minimum Gasteiger partial charge on any atom is -0.497 e. The Morgan fingerprint density at radius 1 is 1.14 bits per heavy atom. The molecule has 0 spiro atoms. The molecule has 2 aromatic heterocycles. The predicted octanol–water partition coefficient (Wildman–Crippen LogP) is 5.34. The number of benzene rings is 1. The zero-order valence-corrected chi connectivity index (χ0v) is 21.8. The maximum atomic E-state index is 11.3. The Hall–Kier alpha value is -2.71. The van der Waals surface area contributed by atoms with Gasteiger partial charge in [0.05, 0.1) is 18.8 Å². The summed E-state index contributed by atoms with van der Waals surface area (Å²) in [5, 5.41) is 11.4. The van der Waals surface area contributed by atoms with Gasteiger partial charge in [0.1, 0.15) is 10.8 Å². The largest absolute Gasteiger partial charge is 0.497 e. The quantitative estimate of drug-likeness (QED) is 0.244. The molecular formula is C28H36N4O3S. The standard InChI is InChI=1S/C28H36N4O3S/c1-35-24-7-8-26-25(18-24)22(10-12-30-26)5-2-4-21-11-16-32(20-23(21)6-9-28(33)34)15-3-17-36-27-19-29-13-14-31-27/h7-8,10,12-14,18-19,21,23H,2-6,9,11,15-17,20H2,1H3,(H,33,34). The molecule has 3 heterocycles. The number of aliphatic carboxylic acids is 1. The molecule has 0 saturated carbocycles. The summed E-state index contributed by atoms with van der Waals surface area (Å²) in [6.07, 6.45) is 13.6. The van der Waals surface area contributed by atoms with E-state index >= 15 is 0 Å². The highest BCUT2D eigenvalue weighted by atomic mass is 32.2. The molecule has 1 N–H and O–H groups in total. The zero-order valence-electron chi connectivity index (χ0n) is 21.0. The van der Waals surface area contributed by atoms with Crippen LogP contribution < -0.4 is 4.74 Å². The average Bonchev–Trinajstić information content (AvgIpc) is 2.91. The van der Waals surface area contributed by atoms with Gasteiger partial charge in [-0.05, 0) is 93.3 Å². The number of nitrogens with zero attached hydrogens (tertiary/aromatic N) is 4. The highest BCUT2D eigenvalue weighted by molar-refractivity contribution is 7.99. The summed E-state index contributed by atoms with van der Waals surface area (Å²) in [6, 6.07) is 8.16. The number of carboxylic acid groups (broad SMARTS) is 1. The van der Waals surface area contributed by atoms with Crippen LogP contribution in [-0.2, 0) is 11.2 Å². The molecule has 0 aliphatic carbocycles. The van der Waals surface area contributed by atoms with E-state index in [1.54, 1.807) is 31.3 Å². The summed E-state index contributed by atoms with van der Waals surface area (Å²) in [5.74, 6) is 2.20. The minimum absolute atomic E-state index is 0.256. The van der Waals surface area contributed by atoms with Crippen LogP contribution in [0.25, 0.3) is 10.9 Å². The number of rotatable bonds is 13. The fourth-order valence-electron chi connectivity index (χ4n) is 5.28. The lowest BCUT2D eigenvalue weighted by Gasteiger charge is -2.39. The Morgan fingerprint density at radius 2 is 2.06 bits per heavy atom. The zero-order chi connectivity index (χ0) is 25.2. The van der Waals surface area contributed by atoms with Crippen LogP contribution in [-0.4, -0.2) is 63.4 Å². The first kappa shape index (κ1) is 26.4. The van der Waals surface area contributed by atoms with Gasteiger partial charge in [-0.15, -0.1) is 11.8 Å². The van der Waals surface area contributed by atoms with E-state index in [4.69, 9.17) is 4.74 Å². The molecule has 8 heteroatoms. The molecule has 0 radical (unpaired) electrons. The highest BCUT2D eigenvalue weighted by Gasteiger charge is 2.29. The molecule has 1 aliphatic rings. The Labute approximate surface area is 217 Å². The summed E-state index contributed by atoms with van der Waals surface area (Å²) in [7, 11) is 1.69. The monoisotopic (exact) mass is 508 g/mol. The molecule has 7 nitrogen and oxygen atoms in total. The average molecular weight is 509 g/mol. The van der Waals surface area contributed by atoms with E-state index in [0.29, 0.717) is 11.8 Å². The lowest BCUT2D eigenvalue weighted by Crippen LogP contribution is -2.41. The molecule has 1 aliphatic heterocycles. The van der Waals surface area contributed by atoms with E-state index in [-0.39, 0.29) is 6.42 Å². The van der Waals surface area contributed by atoms with Crippen LogP contribution in [0.2, 0.25) is 0 Å². The third-order valence-electron chi connectivity index (χ3n) is 7.17. The fraction of sp³-hybridized carbons (Fsp3) is 0.500. The lowest BCUT2D eigenvalue weighted by atomic mass is 9.79. The summed E-state index contributed by atoms with van der Waals surface area (Å²) in [5.41, 5.74) is 2.30. The highest BCUT2D eigenvalue weighted by Crippen LogP contribution is 2.32. The Bertz CT molecular complexity index is 1110.